The van der Waals surface area contributed by atoms with E-state index in [4.69, 9.17) is 9.72 Å². The largest absolute Gasteiger partial charge is 0.496 e. The third kappa shape index (κ3) is 3.60. The van der Waals surface area contributed by atoms with Crippen LogP contribution < -0.4 is 4.74 Å². The van der Waals surface area contributed by atoms with Crippen molar-refractivity contribution in [3.63, 3.8) is 0 Å². The molecule has 4 rings (SSSR count). The first-order valence-corrected chi connectivity index (χ1v) is 7.38. The van der Waals surface area contributed by atoms with Gasteiger partial charge in [0.15, 0.2) is 0 Å². The molecule has 0 saturated carbocycles. The zero-order chi connectivity index (χ0) is 15.6. The molecule has 2 heterocycles. The van der Waals surface area contributed by atoms with Gasteiger partial charge in [0.2, 0.25) is 0 Å². The summed E-state index contributed by atoms with van der Waals surface area (Å²) in [5.41, 5.74) is 3.93. The van der Waals surface area contributed by atoms with Gasteiger partial charge >= 0.3 is 0 Å². The Labute approximate surface area is 158 Å². The molecule has 0 unspecified atom stereocenters. The Balaban J connectivity index is 0.00000113. The number of imidazole rings is 1. The predicted octanol–water partition coefficient (Wildman–Crippen LogP) is 4.94. The second kappa shape index (κ2) is 8.01. The number of methoxy groups -OCH3 is 1. The summed E-state index contributed by atoms with van der Waals surface area (Å²) in [6, 6.07) is 18.2. The number of hydrogen-bond donors (Lipinski definition) is 0. The number of hydrogen-bond acceptors (Lipinski definition) is 3. The molecule has 0 atom stereocenters. The lowest BCUT2D eigenvalue weighted by molar-refractivity contribution is 0.416. The van der Waals surface area contributed by atoms with E-state index in [-0.39, 0.29) is 24.8 Å². The lowest BCUT2D eigenvalue weighted by Crippen LogP contribution is -1.92. The summed E-state index contributed by atoms with van der Waals surface area (Å²) in [6.07, 6.45) is 5.49. The molecule has 0 radical (unpaired) electrons. The van der Waals surface area contributed by atoms with Crippen LogP contribution in [0.15, 0.2) is 73.3 Å². The Kier molecular flexibility index (Phi) is 6.02. The molecule has 0 aliphatic rings. The maximum Gasteiger partial charge on any atom is 0.128 e. The molecule has 4 aromatic rings. The maximum atomic E-state index is 5.43. The monoisotopic (exact) mass is 373 g/mol. The standard InChI is InChI=1S/C19H15N3O.2ClH/c1-23-19-5-3-2-4-16(19)18-8-6-14-12-15(7-9-17(14)21-18)22-11-10-20-13-22;;/h2-13H,1H3;2*1H. The second-order valence-corrected chi connectivity index (χ2v) is 5.24. The normalized spacial score (nSPS) is 9.96. The van der Waals surface area contributed by atoms with Gasteiger partial charge in [-0.15, -0.1) is 24.8 Å². The molecule has 0 N–H and O–H groups in total. The van der Waals surface area contributed by atoms with Crippen LogP contribution in [0.3, 0.4) is 0 Å². The van der Waals surface area contributed by atoms with Gasteiger partial charge in [-0.05, 0) is 36.4 Å². The number of benzene rings is 2. The number of aromatic nitrogens is 3. The highest BCUT2D eigenvalue weighted by atomic mass is 35.5. The molecular formula is C19H17Cl2N3O. The first kappa shape index (κ1) is 18.8. The van der Waals surface area contributed by atoms with Crippen LogP contribution in [0.1, 0.15) is 0 Å². The van der Waals surface area contributed by atoms with Gasteiger partial charge in [0.1, 0.15) is 5.75 Å². The van der Waals surface area contributed by atoms with Gasteiger partial charge in [0, 0.05) is 29.0 Å². The van der Waals surface area contributed by atoms with E-state index in [1.807, 2.05) is 53.2 Å². The minimum Gasteiger partial charge on any atom is -0.496 e. The van der Waals surface area contributed by atoms with Crippen molar-refractivity contribution in [2.24, 2.45) is 0 Å². The van der Waals surface area contributed by atoms with E-state index < -0.39 is 0 Å². The van der Waals surface area contributed by atoms with Crippen molar-refractivity contribution in [3.8, 4) is 22.7 Å². The maximum absolute atomic E-state index is 5.43. The molecule has 25 heavy (non-hydrogen) atoms. The van der Waals surface area contributed by atoms with Gasteiger partial charge in [0.05, 0.1) is 24.6 Å². The Bertz CT molecular complexity index is 971. The van der Waals surface area contributed by atoms with E-state index in [1.165, 1.54) is 0 Å². The highest BCUT2D eigenvalue weighted by molar-refractivity contribution is 5.86. The molecule has 0 amide bonds. The average molecular weight is 374 g/mol. The summed E-state index contributed by atoms with van der Waals surface area (Å²) in [5.74, 6) is 0.828. The summed E-state index contributed by atoms with van der Waals surface area (Å²) in [5, 5.41) is 1.09. The zero-order valence-electron chi connectivity index (χ0n) is 13.5. The molecule has 0 bridgehead atoms. The SMILES string of the molecule is COc1ccccc1-c1ccc2cc(-n3ccnc3)ccc2n1.Cl.Cl. The van der Waals surface area contributed by atoms with E-state index in [0.717, 1.165) is 33.6 Å². The molecule has 4 nitrogen and oxygen atoms in total. The minimum atomic E-state index is 0. The summed E-state index contributed by atoms with van der Waals surface area (Å²) in [4.78, 5) is 8.86. The van der Waals surface area contributed by atoms with Crippen LogP contribution in [0, 0.1) is 0 Å². The van der Waals surface area contributed by atoms with E-state index in [2.05, 4.69) is 17.1 Å². The van der Waals surface area contributed by atoms with Crippen molar-refractivity contribution in [2.75, 3.05) is 7.11 Å². The highest BCUT2D eigenvalue weighted by Crippen LogP contribution is 2.29. The molecule has 128 valence electrons. The molecule has 0 fully saturated rings. The fourth-order valence-corrected chi connectivity index (χ4v) is 2.69. The van der Waals surface area contributed by atoms with Crippen LogP contribution in [0.25, 0.3) is 27.8 Å². The van der Waals surface area contributed by atoms with Crippen molar-refractivity contribution in [1.82, 2.24) is 14.5 Å². The predicted molar refractivity (Wildman–Crippen MR) is 105 cm³/mol. The van der Waals surface area contributed by atoms with Crippen molar-refractivity contribution in [3.05, 3.63) is 73.3 Å². The molecular weight excluding hydrogens is 357 g/mol. The zero-order valence-corrected chi connectivity index (χ0v) is 15.1. The third-order valence-electron chi connectivity index (χ3n) is 3.86. The molecule has 6 heteroatoms. The van der Waals surface area contributed by atoms with Crippen LogP contribution in [-0.2, 0) is 0 Å². The number of rotatable bonds is 3. The van der Waals surface area contributed by atoms with Crippen molar-refractivity contribution in [1.29, 1.82) is 0 Å². The summed E-state index contributed by atoms with van der Waals surface area (Å²) < 4.78 is 7.41. The summed E-state index contributed by atoms with van der Waals surface area (Å²) in [6.45, 7) is 0. The summed E-state index contributed by atoms with van der Waals surface area (Å²) >= 11 is 0. The van der Waals surface area contributed by atoms with Crippen molar-refractivity contribution < 1.29 is 4.74 Å². The van der Waals surface area contributed by atoms with Gasteiger partial charge in [-0.3, -0.25) is 0 Å². The van der Waals surface area contributed by atoms with E-state index in [0.29, 0.717) is 0 Å². The van der Waals surface area contributed by atoms with Gasteiger partial charge in [-0.25, -0.2) is 9.97 Å². The number of pyridine rings is 1. The topological polar surface area (TPSA) is 39.9 Å². The van der Waals surface area contributed by atoms with Gasteiger partial charge < -0.3 is 9.30 Å². The Hall–Kier alpha value is -2.56. The van der Waals surface area contributed by atoms with Crippen molar-refractivity contribution >= 4 is 35.7 Å². The van der Waals surface area contributed by atoms with Gasteiger partial charge in [0.25, 0.3) is 0 Å². The molecule has 0 aliphatic carbocycles. The molecule has 2 aromatic carbocycles. The number of ether oxygens (including phenoxy) is 1. The molecule has 2 aromatic heterocycles. The lowest BCUT2D eigenvalue weighted by Gasteiger charge is -2.09. The van der Waals surface area contributed by atoms with E-state index >= 15 is 0 Å². The van der Waals surface area contributed by atoms with Crippen LogP contribution in [0.2, 0.25) is 0 Å². The quantitative estimate of drug-likeness (QED) is 0.510. The Morgan fingerprint density at radius 3 is 2.56 bits per heavy atom. The molecule has 0 aliphatic heterocycles. The minimum absolute atomic E-state index is 0. The smallest absolute Gasteiger partial charge is 0.128 e. The van der Waals surface area contributed by atoms with Crippen LogP contribution in [-0.4, -0.2) is 21.6 Å². The third-order valence-corrected chi connectivity index (χ3v) is 3.86. The molecule has 0 spiro atoms. The van der Waals surface area contributed by atoms with E-state index in [9.17, 15) is 0 Å². The van der Waals surface area contributed by atoms with Gasteiger partial charge in [-0.1, -0.05) is 18.2 Å². The van der Waals surface area contributed by atoms with Crippen LogP contribution in [0.5, 0.6) is 5.75 Å². The summed E-state index contributed by atoms with van der Waals surface area (Å²) in [7, 11) is 1.68. The second-order valence-electron chi connectivity index (χ2n) is 5.24. The lowest BCUT2D eigenvalue weighted by atomic mass is 10.1. The first-order chi connectivity index (χ1) is 11.3. The first-order valence-electron chi connectivity index (χ1n) is 7.38. The fourth-order valence-electron chi connectivity index (χ4n) is 2.69. The van der Waals surface area contributed by atoms with Crippen LogP contribution >= 0.6 is 24.8 Å². The van der Waals surface area contributed by atoms with E-state index in [1.54, 1.807) is 19.6 Å². The number of para-hydroxylation sites is 1. The average Bonchev–Trinajstić information content (AvgIpc) is 3.15. The van der Waals surface area contributed by atoms with Gasteiger partial charge in [-0.2, -0.15) is 0 Å². The Morgan fingerprint density at radius 2 is 1.80 bits per heavy atom. The number of halogens is 2. The van der Waals surface area contributed by atoms with Crippen molar-refractivity contribution in [2.45, 2.75) is 0 Å². The Morgan fingerprint density at radius 1 is 0.960 bits per heavy atom. The number of fused-ring (bicyclic) bond motifs is 1. The highest BCUT2D eigenvalue weighted by Gasteiger charge is 2.07. The fraction of sp³-hybridized carbons (Fsp3) is 0.0526. The number of nitrogens with zero attached hydrogens (tertiary/aromatic N) is 3. The molecule has 0 saturated heterocycles. The van der Waals surface area contributed by atoms with Crippen LogP contribution in [0.4, 0.5) is 0 Å².